The first-order valence-corrected chi connectivity index (χ1v) is 8.83. The normalized spacial score (nSPS) is 14.0. The lowest BCUT2D eigenvalue weighted by Gasteiger charge is -2.16. The zero-order valence-corrected chi connectivity index (χ0v) is 15.2. The van der Waals surface area contributed by atoms with Gasteiger partial charge >= 0.3 is 0 Å². The molecule has 3 rings (SSSR count). The molecule has 0 spiro atoms. The molecule has 2 aromatic rings. The average molecular weight is 352 g/mol. The number of benzene rings is 1. The van der Waals surface area contributed by atoms with Crippen molar-refractivity contribution in [3.8, 4) is 5.75 Å². The van der Waals surface area contributed by atoms with Gasteiger partial charge in [0.2, 0.25) is 11.9 Å². The quantitative estimate of drug-likeness (QED) is 0.810. The molecule has 1 fully saturated rings. The van der Waals surface area contributed by atoms with Gasteiger partial charge in [0.05, 0.1) is 19.3 Å². The van der Waals surface area contributed by atoms with Crippen molar-refractivity contribution < 1.29 is 9.53 Å². The van der Waals surface area contributed by atoms with E-state index in [0.29, 0.717) is 6.54 Å². The molecule has 0 atom stereocenters. The number of hydrogen-bond acceptors (Lipinski definition) is 5. The molecule has 1 N–H and O–H groups in total. The number of amides is 1. The smallest absolute Gasteiger partial charge is 0.244 e. The predicted molar refractivity (Wildman–Crippen MR) is 102 cm³/mol. The van der Waals surface area contributed by atoms with Crippen molar-refractivity contribution in [1.82, 2.24) is 15.3 Å². The first-order chi connectivity index (χ1) is 12.6. The number of hydrogen-bond donors (Lipinski definition) is 1. The highest BCUT2D eigenvalue weighted by Gasteiger charge is 2.15. The van der Waals surface area contributed by atoms with Gasteiger partial charge in [-0.05, 0) is 49.6 Å². The van der Waals surface area contributed by atoms with E-state index in [2.05, 4.69) is 20.2 Å². The zero-order chi connectivity index (χ0) is 18.4. The number of methoxy groups -OCH3 is 1. The largest absolute Gasteiger partial charge is 0.497 e. The summed E-state index contributed by atoms with van der Waals surface area (Å²) in [6, 6.07) is 9.44. The molecule has 0 bridgehead atoms. The number of nitrogens with one attached hydrogen (secondary N) is 1. The molecular formula is C20H24N4O2. The van der Waals surface area contributed by atoms with Crippen LogP contribution < -0.4 is 15.0 Å². The SMILES string of the molecule is COc1ccc(/C=C/C(=O)NCc2cc(C)nc(N3CCCC3)n2)cc1. The van der Waals surface area contributed by atoms with Gasteiger partial charge in [-0.15, -0.1) is 0 Å². The zero-order valence-electron chi connectivity index (χ0n) is 15.2. The Morgan fingerprint density at radius 2 is 1.96 bits per heavy atom. The summed E-state index contributed by atoms with van der Waals surface area (Å²) < 4.78 is 5.12. The third-order valence-electron chi connectivity index (χ3n) is 4.27. The molecule has 0 radical (unpaired) electrons. The molecule has 1 aliphatic rings. The highest BCUT2D eigenvalue weighted by molar-refractivity contribution is 5.91. The molecule has 1 amide bonds. The number of aromatic nitrogens is 2. The van der Waals surface area contributed by atoms with Crippen molar-refractivity contribution in [1.29, 1.82) is 0 Å². The van der Waals surface area contributed by atoms with Crippen LogP contribution in [0.5, 0.6) is 5.75 Å². The summed E-state index contributed by atoms with van der Waals surface area (Å²) in [6.45, 7) is 4.34. The number of carbonyl (C=O) groups excluding carboxylic acids is 1. The van der Waals surface area contributed by atoms with E-state index in [1.165, 1.54) is 18.9 Å². The maximum atomic E-state index is 12.1. The summed E-state index contributed by atoms with van der Waals surface area (Å²) in [5, 5.41) is 2.88. The van der Waals surface area contributed by atoms with Gasteiger partial charge < -0.3 is 15.0 Å². The van der Waals surface area contributed by atoms with Crippen LogP contribution in [0.2, 0.25) is 0 Å². The van der Waals surface area contributed by atoms with Gasteiger partial charge in [0.1, 0.15) is 5.75 Å². The lowest BCUT2D eigenvalue weighted by molar-refractivity contribution is -0.116. The Balaban J connectivity index is 1.57. The summed E-state index contributed by atoms with van der Waals surface area (Å²) >= 11 is 0. The van der Waals surface area contributed by atoms with E-state index in [9.17, 15) is 4.79 Å². The minimum absolute atomic E-state index is 0.153. The maximum Gasteiger partial charge on any atom is 0.244 e. The molecule has 6 nitrogen and oxygen atoms in total. The fraction of sp³-hybridized carbons (Fsp3) is 0.350. The van der Waals surface area contributed by atoms with E-state index >= 15 is 0 Å². The van der Waals surface area contributed by atoms with Crippen LogP contribution in [-0.4, -0.2) is 36.1 Å². The van der Waals surface area contributed by atoms with Crippen LogP contribution in [0.1, 0.15) is 29.8 Å². The molecule has 136 valence electrons. The first kappa shape index (κ1) is 17.9. The molecule has 2 heterocycles. The van der Waals surface area contributed by atoms with Crippen molar-refractivity contribution in [2.45, 2.75) is 26.3 Å². The fourth-order valence-corrected chi connectivity index (χ4v) is 2.89. The fourth-order valence-electron chi connectivity index (χ4n) is 2.89. The number of ether oxygens (including phenoxy) is 1. The molecule has 1 aromatic carbocycles. The van der Waals surface area contributed by atoms with E-state index in [0.717, 1.165) is 41.7 Å². The standard InChI is InChI=1S/C20H24N4O2/c1-15-13-17(23-20(22-15)24-11-3-4-12-24)14-21-19(25)10-7-16-5-8-18(26-2)9-6-16/h5-10,13H,3-4,11-12,14H2,1-2H3,(H,21,25)/b10-7+. The molecule has 6 heteroatoms. The van der Waals surface area contributed by atoms with E-state index in [-0.39, 0.29) is 5.91 Å². The Morgan fingerprint density at radius 3 is 2.65 bits per heavy atom. The third-order valence-corrected chi connectivity index (χ3v) is 4.27. The minimum Gasteiger partial charge on any atom is -0.497 e. The lowest BCUT2D eigenvalue weighted by atomic mass is 10.2. The summed E-state index contributed by atoms with van der Waals surface area (Å²) in [4.78, 5) is 23.4. The first-order valence-electron chi connectivity index (χ1n) is 8.83. The molecule has 0 saturated carbocycles. The van der Waals surface area contributed by atoms with Gasteiger partial charge in [-0.3, -0.25) is 4.79 Å². The van der Waals surface area contributed by atoms with Crippen molar-refractivity contribution in [3.63, 3.8) is 0 Å². The van der Waals surface area contributed by atoms with Crippen LogP contribution in [-0.2, 0) is 11.3 Å². The van der Waals surface area contributed by atoms with E-state index in [1.54, 1.807) is 13.2 Å². The van der Waals surface area contributed by atoms with Crippen molar-refractivity contribution in [3.05, 3.63) is 53.4 Å². The van der Waals surface area contributed by atoms with E-state index < -0.39 is 0 Å². The second-order valence-corrected chi connectivity index (χ2v) is 6.32. The van der Waals surface area contributed by atoms with Gasteiger partial charge in [0.25, 0.3) is 0 Å². The summed E-state index contributed by atoms with van der Waals surface area (Å²) in [5.74, 6) is 1.40. The molecule has 0 aliphatic carbocycles. The maximum absolute atomic E-state index is 12.1. The van der Waals surface area contributed by atoms with Crippen LogP contribution in [0.15, 0.2) is 36.4 Å². The highest BCUT2D eigenvalue weighted by atomic mass is 16.5. The van der Waals surface area contributed by atoms with Crippen molar-refractivity contribution in [2.75, 3.05) is 25.1 Å². The summed E-state index contributed by atoms with van der Waals surface area (Å²) in [5.41, 5.74) is 2.68. The van der Waals surface area contributed by atoms with Crippen LogP contribution >= 0.6 is 0 Å². The van der Waals surface area contributed by atoms with Gasteiger partial charge in [-0.1, -0.05) is 12.1 Å². The van der Waals surface area contributed by atoms with Crippen molar-refractivity contribution >= 4 is 17.9 Å². The number of carbonyl (C=O) groups is 1. The van der Waals surface area contributed by atoms with Gasteiger partial charge in [0, 0.05) is 24.9 Å². The Hall–Kier alpha value is -2.89. The molecular weight excluding hydrogens is 328 g/mol. The second kappa shape index (κ2) is 8.47. The van der Waals surface area contributed by atoms with Crippen LogP contribution in [0.25, 0.3) is 6.08 Å². The van der Waals surface area contributed by atoms with Gasteiger partial charge in [-0.2, -0.15) is 0 Å². The van der Waals surface area contributed by atoms with Crippen molar-refractivity contribution in [2.24, 2.45) is 0 Å². The molecule has 1 aromatic heterocycles. The van der Waals surface area contributed by atoms with E-state index in [4.69, 9.17) is 4.74 Å². The Morgan fingerprint density at radius 1 is 1.23 bits per heavy atom. The number of nitrogens with zero attached hydrogens (tertiary/aromatic N) is 3. The molecule has 0 unspecified atom stereocenters. The van der Waals surface area contributed by atoms with E-state index in [1.807, 2.05) is 37.3 Å². The monoisotopic (exact) mass is 352 g/mol. The minimum atomic E-state index is -0.153. The van der Waals surface area contributed by atoms with Crippen LogP contribution in [0.3, 0.4) is 0 Å². The molecule has 1 saturated heterocycles. The van der Waals surface area contributed by atoms with Gasteiger partial charge in [-0.25, -0.2) is 9.97 Å². The van der Waals surface area contributed by atoms with Gasteiger partial charge in [0.15, 0.2) is 0 Å². The predicted octanol–water partition coefficient (Wildman–Crippen LogP) is 2.72. The topological polar surface area (TPSA) is 67.3 Å². The number of rotatable bonds is 6. The summed E-state index contributed by atoms with van der Waals surface area (Å²) in [6.07, 6.45) is 5.66. The summed E-state index contributed by atoms with van der Waals surface area (Å²) in [7, 11) is 1.63. The van der Waals surface area contributed by atoms with Crippen LogP contribution in [0, 0.1) is 6.92 Å². The number of anilines is 1. The third kappa shape index (κ3) is 4.81. The molecule has 1 aliphatic heterocycles. The average Bonchev–Trinajstić information content (AvgIpc) is 3.19. The highest BCUT2D eigenvalue weighted by Crippen LogP contribution is 2.16. The Kier molecular flexibility index (Phi) is 5.84. The lowest BCUT2D eigenvalue weighted by Crippen LogP contribution is -2.24. The molecule has 26 heavy (non-hydrogen) atoms. The van der Waals surface area contributed by atoms with Crippen LogP contribution in [0.4, 0.5) is 5.95 Å². The Bertz CT molecular complexity index is 781. The number of aryl methyl sites for hydroxylation is 1. The Labute approximate surface area is 153 Å². The second-order valence-electron chi connectivity index (χ2n) is 6.32.